The molecule has 0 spiro atoms. The van der Waals surface area contributed by atoms with E-state index in [0.29, 0.717) is 5.82 Å². The smallest absolute Gasteiger partial charge is 0.161 e. The second-order valence-corrected chi connectivity index (χ2v) is 3.77. The SMILES string of the molecule is [2H]c1nc(-c2ccccc2Br)nc(Cl)c1[2H]. The Kier molecular flexibility index (Phi) is 2.14. The van der Waals surface area contributed by atoms with Crippen LogP contribution in [0.5, 0.6) is 0 Å². The highest BCUT2D eigenvalue weighted by Crippen LogP contribution is 2.25. The average Bonchev–Trinajstić information content (AvgIpc) is 2.26. The predicted octanol–water partition coefficient (Wildman–Crippen LogP) is 3.56. The standard InChI is InChI=1S/C10H6BrClN2/c11-8-4-2-1-3-7(8)10-13-6-5-9(12)14-10/h1-6H/i5D,6D. The van der Waals surface area contributed by atoms with Crippen molar-refractivity contribution in [1.82, 2.24) is 9.97 Å². The zero-order valence-corrected chi connectivity index (χ0v) is 9.30. The van der Waals surface area contributed by atoms with E-state index in [9.17, 15) is 0 Å². The minimum absolute atomic E-state index is 0.00856. The summed E-state index contributed by atoms with van der Waals surface area (Å²) in [6.07, 6.45) is -0.175. The Bertz CT molecular complexity index is 525. The lowest BCUT2D eigenvalue weighted by atomic mass is 10.2. The minimum atomic E-state index is -0.175. The lowest BCUT2D eigenvalue weighted by molar-refractivity contribution is 1.17. The highest BCUT2D eigenvalue weighted by Gasteiger charge is 2.04. The summed E-state index contributed by atoms with van der Waals surface area (Å²) in [7, 11) is 0. The first-order valence-electron chi connectivity index (χ1n) is 4.85. The van der Waals surface area contributed by atoms with Gasteiger partial charge in [0.2, 0.25) is 0 Å². The van der Waals surface area contributed by atoms with E-state index in [0.717, 1.165) is 10.0 Å². The molecule has 70 valence electrons. The number of halogens is 2. The number of rotatable bonds is 1. The quantitative estimate of drug-likeness (QED) is 0.741. The fourth-order valence-corrected chi connectivity index (χ4v) is 1.62. The van der Waals surface area contributed by atoms with Crippen molar-refractivity contribution in [3.05, 3.63) is 46.1 Å². The Labute approximate surface area is 97.9 Å². The molecule has 0 amide bonds. The van der Waals surface area contributed by atoms with Gasteiger partial charge in [0.05, 0.1) is 2.74 Å². The van der Waals surface area contributed by atoms with E-state index in [1.807, 2.05) is 24.3 Å². The molecule has 2 nitrogen and oxygen atoms in total. The van der Waals surface area contributed by atoms with Gasteiger partial charge in [-0.25, -0.2) is 9.97 Å². The van der Waals surface area contributed by atoms with E-state index >= 15 is 0 Å². The monoisotopic (exact) mass is 270 g/mol. The van der Waals surface area contributed by atoms with Crippen LogP contribution < -0.4 is 0 Å². The maximum Gasteiger partial charge on any atom is 0.161 e. The van der Waals surface area contributed by atoms with Crippen LogP contribution in [0.25, 0.3) is 11.4 Å². The molecule has 0 unspecified atom stereocenters. The van der Waals surface area contributed by atoms with Gasteiger partial charge in [-0.15, -0.1) is 0 Å². The summed E-state index contributed by atoms with van der Waals surface area (Å²) >= 11 is 9.12. The molecule has 14 heavy (non-hydrogen) atoms. The van der Waals surface area contributed by atoms with Crippen LogP contribution in [0.2, 0.25) is 5.15 Å². The van der Waals surface area contributed by atoms with Gasteiger partial charge in [-0.3, -0.25) is 0 Å². The maximum absolute atomic E-state index is 7.48. The van der Waals surface area contributed by atoms with Crippen LogP contribution >= 0.6 is 27.5 Å². The fraction of sp³-hybridized carbons (Fsp3) is 0. The highest BCUT2D eigenvalue weighted by molar-refractivity contribution is 9.10. The summed E-state index contributed by atoms with van der Waals surface area (Å²) in [6, 6.07) is 7.23. The van der Waals surface area contributed by atoms with Crippen LogP contribution in [0, 0.1) is 0 Å². The third-order valence-electron chi connectivity index (χ3n) is 1.64. The molecule has 0 bridgehead atoms. The topological polar surface area (TPSA) is 25.8 Å². The fourth-order valence-electron chi connectivity index (χ4n) is 1.04. The van der Waals surface area contributed by atoms with Crippen molar-refractivity contribution < 1.29 is 2.74 Å². The summed E-state index contributed by atoms with van der Waals surface area (Å²) in [4.78, 5) is 7.90. The molecule has 0 saturated heterocycles. The van der Waals surface area contributed by atoms with Crippen molar-refractivity contribution in [2.45, 2.75) is 0 Å². The molecule has 0 N–H and O–H groups in total. The van der Waals surface area contributed by atoms with E-state index < -0.39 is 0 Å². The largest absolute Gasteiger partial charge is 0.236 e. The number of benzene rings is 1. The van der Waals surface area contributed by atoms with Crippen LogP contribution in [0.15, 0.2) is 41.0 Å². The number of hydrogen-bond donors (Lipinski definition) is 0. The Morgan fingerprint density at radius 2 is 2.14 bits per heavy atom. The van der Waals surface area contributed by atoms with E-state index in [1.165, 1.54) is 0 Å². The van der Waals surface area contributed by atoms with E-state index in [1.54, 1.807) is 0 Å². The highest BCUT2D eigenvalue weighted by atomic mass is 79.9. The Hall–Kier alpha value is -0.930. The molecule has 2 aromatic rings. The van der Waals surface area contributed by atoms with Crippen LogP contribution in [0.1, 0.15) is 2.74 Å². The minimum Gasteiger partial charge on any atom is -0.236 e. The molecule has 1 heterocycles. The number of aromatic nitrogens is 2. The molecule has 0 aliphatic carbocycles. The van der Waals surface area contributed by atoms with Crippen molar-refractivity contribution in [1.29, 1.82) is 0 Å². The van der Waals surface area contributed by atoms with Gasteiger partial charge < -0.3 is 0 Å². The lowest BCUT2D eigenvalue weighted by Gasteiger charge is -2.01. The van der Waals surface area contributed by atoms with Crippen LogP contribution in [-0.4, -0.2) is 9.97 Å². The van der Waals surface area contributed by atoms with E-state index in [4.69, 9.17) is 14.3 Å². The second kappa shape index (κ2) is 4.07. The Morgan fingerprint density at radius 3 is 2.86 bits per heavy atom. The summed E-state index contributed by atoms with van der Waals surface area (Å²) < 4.78 is 15.7. The zero-order chi connectivity index (χ0) is 11.7. The molecule has 0 saturated carbocycles. The molecule has 0 radical (unpaired) electrons. The molecule has 0 atom stereocenters. The first kappa shape index (κ1) is 7.37. The molecule has 4 heteroatoms. The van der Waals surface area contributed by atoms with Crippen LogP contribution in [0.4, 0.5) is 0 Å². The summed E-state index contributed by atoms with van der Waals surface area (Å²) in [5, 5.41) is -0.00856. The molecular formula is C10H6BrClN2. The van der Waals surface area contributed by atoms with Crippen molar-refractivity contribution in [2.24, 2.45) is 0 Å². The zero-order valence-electron chi connectivity index (χ0n) is 8.96. The first-order chi connectivity index (χ1) is 7.59. The lowest BCUT2D eigenvalue weighted by Crippen LogP contribution is -1.88. The number of nitrogens with zero attached hydrogens (tertiary/aromatic N) is 2. The van der Waals surface area contributed by atoms with Crippen LogP contribution in [0.3, 0.4) is 0 Å². The summed E-state index contributed by atoms with van der Waals surface area (Å²) in [6.45, 7) is 0. The van der Waals surface area contributed by atoms with Gasteiger partial charge in [-0.2, -0.15) is 0 Å². The molecule has 0 aliphatic rings. The van der Waals surface area contributed by atoms with Crippen LogP contribution in [-0.2, 0) is 0 Å². The molecular weight excluding hydrogens is 263 g/mol. The van der Waals surface area contributed by atoms with Crippen molar-refractivity contribution >= 4 is 27.5 Å². The molecule has 1 aromatic heterocycles. The van der Waals surface area contributed by atoms with Gasteiger partial charge >= 0.3 is 0 Å². The normalized spacial score (nSPS) is 12.1. The van der Waals surface area contributed by atoms with E-state index in [-0.39, 0.29) is 17.4 Å². The third kappa shape index (κ3) is 1.94. The maximum atomic E-state index is 7.48. The molecule has 0 aliphatic heterocycles. The summed E-state index contributed by atoms with van der Waals surface area (Å²) in [5.41, 5.74) is 0.748. The van der Waals surface area contributed by atoms with Crippen molar-refractivity contribution in [3.8, 4) is 11.4 Å². The summed E-state index contributed by atoms with van der Waals surface area (Å²) in [5.74, 6) is 0.346. The molecule has 0 fully saturated rings. The van der Waals surface area contributed by atoms with Crippen molar-refractivity contribution in [2.75, 3.05) is 0 Å². The molecule has 1 aromatic carbocycles. The van der Waals surface area contributed by atoms with Gasteiger partial charge in [-0.05, 0) is 12.1 Å². The van der Waals surface area contributed by atoms with Crippen molar-refractivity contribution in [3.63, 3.8) is 0 Å². The van der Waals surface area contributed by atoms with Gasteiger partial charge in [0.25, 0.3) is 0 Å². The molecule has 2 rings (SSSR count). The number of hydrogen-bond acceptors (Lipinski definition) is 2. The average molecular weight is 272 g/mol. The Balaban J connectivity index is 2.62. The third-order valence-corrected chi connectivity index (χ3v) is 2.51. The Morgan fingerprint density at radius 1 is 1.36 bits per heavy atom. The van der Waals surface area contributed by atoms with E-state index in [2.05, 4.69) is 25.9 Å². The van der Waals surface area contributed by atoms with Gasteiger partial charge in [-0.1, -0.05) is 45.7 Å². The first-order valence-corrected chi connectivity index (χ1v) is 5.02. The second-order valence-electron chi connectivity index (χ2n) is 2.55. The predicted molar refractivity (Wildman–Crippen MR) is 60.2 cm³/mol. The van der Waals surface area contributed by atoms with Gasteiger partial charge in [0, 0.05) is 16.2 Å². The van der Waals surface area contributed by atoms with Gasteiger partial charge in [0.1, 0.15) is 5.15 Å². The van der Waals surface area contributed by atoms with Gasteiger partial charge in [0.15, 0.2) is 5.82 Å².